The summed E-state index contributed by atoms with van der Waals surface area (Å²) in [7, 11) is 3.16. The Balaban J connectivity index is 2.10. The van der Waals surface area contributed by atoms with Crippen molar-refractivity contribution in [3.63, 3.8) is 0 Å². The van der Waals surface area contributed by atoms with Crippen LogP contribution in [0.5, 0.6) is 5.75 Å². The van der Waals surface area contributed by atoms with Crippen LogP contribution in [-0.2, 0) is 10.4 Å². The van der Waals surface area contributed by atoms with E-state index in [1.807, 2.05) is 0 Å². The number of hydrogen-bond acceptors (Lipinski definition) is 5. The van der Waals surface area contributed by atoms with Gasteiger partial charge in [0.05, 0.1) is 7.11 Å². The number of aliphatic hydroxyl groups is 1. The fourth-order valence-electron chi connectivity index (χ4n) is 3.00. The summed E-state index contributed by atoms with van der Waals surface area (Å²) in [5.41, 5.74) is 5.37. The molecule has 1 aromatic heterocycles. The molecular weight excluding hydrogens is 322 g/mol. The molecule has 1 fully saturated rings. The fourth-order valence-corrected chi connectivity index (χ4v) is 3.00. The van der Waals surface area contributed by atoms with Gasteiger partial charge < -0.3 is 20.5 Å². The maximum absolute atomic E-state index is 12.3. The number of methoxy groups -OCH3 is 1. The van der Waals surface area contributed by atoms with Crippen LogP contribution >= 0.6 is 0 Å². The molecule has 1 aliphatic heterocycles. The number of hydrogen-bond donors (Lipinski definition) is 2. The number of pyridine rings is 1. The first-order chi connectivity index (χ1) is 11.9. The first kappa shape index (κ1) is 16.9. The maximum Gasteiger partial charge on any atom is 0.267 e. The second-order valence-corrected chi connectivity index (χ2v) is 6.03. The van der Waals surface area contributed by atoms with Crippen molar-refractivity contribution in [2.75, 3.05) is 20.7 Å². The second-order valence-electron chi connectivity index (χ2n) is 6.03. The Labute approximate surface area is 145 Å². The second kappa shape index (κ2) is 6.18. The lowest BCUT2D eigenvalue weighted by atomic mass is 9.90. The fraction of sp³-hybridized carbons (Fsp3) is 0.278. The van der Waals surface area contributed by atoms with Gasteiger partial charge in [-0.2, -0.15) is 0 Å². The summed E-state index contributed by atoms with van der Waals surface area (Å²) in [5, 5.41) is 10.8. The van der Waals surface area contributed by atoms with E-state index in [4.69, 9.17) is 10.5 Å². The number of likely N-dealkylation sites (N-methyl/N-ethyl adjacent to an activating group) is 1. The van der Waals surface area contributed by atoms with Crippen molar-refractivity contribution in [2.45, 2.75) is 12.0 Å². The van der Waals surface area contributed by atoms with E-state index in [9.17, 15) is 14.7 Å². The summed E-state index contributed by atoms with van der Waals surface area (Å²) >= 11 is 0. The van der Waals surface area contributed by atoms with Crippen molar-refractivity contribution in [3.8, 4) is 17.0 Å². The predicted octanol–water partition coefficient (Wildman–Crippen LogP) is 0.906. The first-order valence-corrected chi connectivity index (χ1v) is 7.80. The van der Waals surface area contributed by atoms with Crippen LogP contribution in [0.15, 0.2) is 36.4 Å². The minimum atomic E-state index is -1.56. The number of benzene rings is 1. The Kier molecular flexibility index (Phi) is 4.18. The molecule has 0 aliphatic carbocycles. The van der Waals surface area contributed by atoms with Crippen LogP contribution in [-0.4, -0.2) is 47.5 Å². The Morgan fingerprint density at radius 2 is 2.12 bits per heavy atom. The third-order valence-corrected chi connectivity index (χ3v) is 4.45. The highest BCUT2D eigenvalue weighted by atomic mass is 16.5. The zero-order valence-electron chi connectivity index (χ0n) is 14.0. The number of carbonyl (C=O) groups excluding carboxylic acids is 2. The molecule has 0 spiro atoms. The highest BCUT2D eigenvalue weighted by Gasteiger charge is 2.45. The molecule has 130 valence electrons. The predicted molar refractivity (Wildman–Crippen MR) is 90.9 cm³/mol. The van der Waals surface area contributed by atoms with Crippen LogP contribution in [0, 0.1) is 0 Å². The van der Waals surface area contributed by atoms with E-state index >= 15 is 0 Å². The Bertz CT molecular complexity index is 852. The SMILES string of the molecule is COc1ccc(C(N)=O)nc1-c1cccc([C@]2(O)CCN(C)C2=O)c1. The smallest absolute Gasteiger partial charge is 0.267 e. The van der Waals surface area contributed by atoms with Gasteiger partial charge in [-0.3, -0.25) is 9.59 Å². The summed E-state index contributed by atoms with van der Waals surface area (Å²) in [6, 6.07) is 9.98. The molecule has 1 saturated heterocycles. The minimum absolute atomic E-state index is 0.108. The van der Waals surface area contributed by atoms with Crippen LogP contribution in [0.3, 0.4) is 0 Å². The molecular formula is C18H19N3O4. The lowest BCUT2D eigenvalue weighted by molar-refractivity contribution is -0.143. The molecule has 0 saturated carbocycles. The largest absolute Gasteiger partial charge is 0.494 e. The van der Waals surface area contributed by atoms with Crippen molar-refractivity contribution >= 4 is 11.8 Å². The zero-order valence-corrected chi connectivity index (χ0v) is 14.0. The average molecular weight is 341 g/mol. The molecule has 25 heavy (non-hydrogen) atoms. The standard InChI is InChI=1S/C18H19N3O4/c1-21-9-8-18(24,17(21)23)12-5-3-4-11(10-12)15-14(25-2)7-6-13(20-15)16(19)22/h3-7,10,24H,8-9H2,1-2H3,(H2,19,22)/t18-/m1/s1. The van der Waals surface area contributed by atoms with Gasteiger partial charge in [-0.25, -0.2) is 4.98 Å². The Hall–Kier alpha value is -2.93. The van der Waals surface area contributed by atoms with E-state index in [0.717, 1.165) is 0 Å². The molecule has 1 aromatic carbocycles. The molecule has 1 aliphatic rings. The maximum atomic E-state index is 12.3. The molecule has 3 rings (SSSR count). The number of rotatable bonds is 4. The number of likely N-dealkylation sites (tertiary alicyclic amines) is 1. The highest BCUT2D eigenvalue weighted by Crippen LogP contribution is 2.36. The number of primary amides is 1. The highest BCUT2D eigenvalue weighted by molar-refractivity contribution is 5.92. The number of ether oxygens (including phenoxy) is 1. The van der Waals surface area contributed by atoms with Crippen LogP contribution in [0.2, 0.25) is 0 Å². The molecule has 7 heteroatoms. The molecule has 2 aromatic rings. The molecule has 2 amide bonds. The molecule has 0 bridgehead atoms. The summed E-state index contributed by atoms with van der Waals surface area (Å²) in [5.74, 6) is -0.522. The first-order valence-electron chi connectivity index (χ1n) is 7.80. The van der Waals surface area contributed by atoms with E-state index in [1.165, 1.54) is 18.1 Å². The van der Waals surface area contributed by atoms with E-state index in [0.29, 0.717) is 35.5 Å². The van der Waals surface area contributed by atoms with Crippen molar-refractivity contribution in [3.05, 3.63) is 47.7 Å². The zero-order chi connectivity index (χ0) is 18.2. The molecule has 3 N–H and O–H groups in total. The van der Waals surface area contributed by atoms with Crippen molar-refractivity contribution < 1.29 is 19.4 Å². The van der Waals surface area contributed by atoms with Gasteiger partial charge in [-0.1, -0.05) is 18.2 Å². The van der Waals surface area contributed by atoms with E-state index in [1.54, 1.807) is 37.4 Å². The van der Waals surface area contributed by atoms with Crippen LogP contribution in [0.4, 0.5) is 0 Å². The van der Waals surface area contributed by atoms with Gasteiger partial charge in [0.1, 0.15) is 17.1 Å². The van der Waals surface area contributed by atoms with Gasteiger partial charge in [0.15, 0.2) is 5.60 Å². The monoisotopic (exact) mass is 341 g/mol. The number of nitrogens with two attached hydrogens (primary N) is 1. The topological polar surface area (TPSA) is 106 Å². The molecule has 0 unspecified atom stereocenters. The summed E-state index contributed by atoms with van der Waals surface area (Å²) < 4.78 is 5.31. The lowest BCUT2D eigenvalue weighted by Gasteiger charge is -2.22. The van der Waals surface area contributed by atoms with Crippen LogP contribution in [0.1, 0.15) is 22.5 Å². The average Bonchev–Trinajstić information content (AvgIpc) is 2.90. The van der Waals surface area contributed by atoms with Gasteiger partial charge in [0, 0.05) is 25.6 Å². The molecule has 7 nitrogen and oxygen atoms in total. The lowest BCUT2D eigenvalue weighted by Crippen LogP contribution is -2.36. The van der Waals surface area contributed by atoms with E-state index in [2.05, 4.69) is 4.98 Å². The van der Waals surface area contributed by atoms with Gasteiger partial charge >= 0.3 is 0 Å². The van der Waals surface area contributed by atoms with Crippen LogP contribution < -0.4 is 10.5 Å². The summed E-state index contributed by atoms with van der Waals surface area (Å²) in [6.45, 7) is 0.484. The van der Waals surface area contributed by atoms with Crippen molar-refractivity contribution in [2.24, 2.45) is 5.73 Å². The normalized spacial score (nSPS) is 20.0. The quantitative estimate of drug-likeness (QED) is 0.860. The van der Waals surface area contributed by atoms with Gasteiger partial charge in [-0.15, -0.1) is 0 Å². The Morgan fingerprint density at radius 3 is 2.72 bits per heavy atom. The third-order valence-electron chi connectivity index (χ3n) is 4.45. The van der Waals surface area contributed by atoms with E-state index < -0.39 is 11.5 Å². The number of amides is 2. The van der Waals surface area contributed by atoms with Gasteiger partial charge in [0.25, 0.3) is 11.8 Å². The number of carbonyl (C=O) groups is 2. The summed E-state index contributed by atoms with van der Waals surface area (Å²) in [4.78, 5) is 29.5. The molecule has 1 atom stereocenters. The third kappa shape index (κ3) is 2.83. The van der Waals surface area contributed by atoms with Crippen LogP contribution in [0.25, 0.3) is 11.3 Å². The number of nitrogens with zero attached hydrogens (tertiary/aromatic N) is 2. The summed E-state index contributed by atoms with van der Waals surface area (Å²) in [6.07, 6.45) is 0.317. The van der Waals surface area contributed by atoms with Crippen molar-refractivity contribution in [1.29, 1.82) is 0 Å². The minimum Gasteiger partial charge on any atom is -0.494 e. The van der Waals surface area contributed by atoms with E-state index in [-0.39, 0.29) is 11.6 Å². The molecule has 0 radical (unpaired) electrons. The van der Waals surface area contributed by atoms with Gasteiger partial charge in [-0.05, 0) is 23.8 Å². The Morgan fingerprint density at radius 1 is 1.36 bits per heavy atom. The number of aromatic nitrogens is 1. The molecule has 2 heterocycles. The van der Waals surface area contributed by atoms with Crippen molar-refractivity contribution in [1.82, 2.24) is 9.88 Å². The van der Waals surface area contributed by atoms with Gasteiger partial charge in [0.2, 0.25) is 0 Å².